The second-order valence-corrected chi connectivity index (χ2v) is 8.03. The molecule has 31 heavy (non-hydrogen) atoms. The van der Waals surface area contributed by atoms with E-state index in [9.17, 15) is 20.0 Å². The van der Waals surface area contributed by atoms with E-state index in [4.69, 9.17) is 4.74 Å². The third-order valence-corrected chi connectivity index (χ3v) is 5.19. The number of nitro benzene ring substituents is 1. The SMILES string of the molecule is O=C(N/N=C\c1ccc(OCc2ccc([N+](=O)[O-])cc2)c(Br)c1)c1cc(Br)ccc1O. The standard InChI is InChI=1S/C21H15Br2N3O5/c22-15-4-7-19(27)17(10-15)21(28)25-24-11-14-3-8-20(18(23)9-14)31-12-13-1-5-16(6-2-13)26(29)30/h1-11,27H,12H2,(H,25,28)/b24-11-. The summed E-state index contributed by atoms with van der Waals surface area (Å²) in [5, 5.41) is 24.4. The maximum absolute atomic E-state index is 12.1. The van der Waals surface area contributed by atoms with Crippen LogP contribution in [-0.2, 0) is 6.61 Å². The fourth-order valence-corrected chi connectivity index (χ4v) is 3.38. The van der Waals surface area contributed by atoms with E-state index >= 15 is 0 Å². The van der Waals surface area contributed by atoms with Crippen LogP contribution in [0.5, 0.6) is 11.5 Å². The molecular weight excluding hydrogens is 534 g/mol. The fourth-order valence-electron chi connectivity index (χ4n) is 2.51. The Bertz CT molecular complexity index is 1150. The molecule has 0 spiro atoms. The maximum atomic E-state index is 12.1. The molecule has 0 atom stereocenters. The highest BCUT2D eigenvalue weighted by Gasteiger charge is 2.11. The monoisotopic (exact) mass is 547 g/mol. The van der Waals surface area contributed by atoms with Gasteiger partial charge in [-0.05, 0) is 75.6 Å². The lowest BCUT2D eigenvalue weighted by Crippen LogP contribution is -2.17. The van der Waals surface area contributed by atoms with Gasteiger partial charge >= 0.3 is 0 Å². The van der Waals surface area contributed by atoms with E-state index in [1.807, 2.05) is 0 Å². The Kier molecular flexibility index (Phi) is 7.37. The number of carbonyl (C=O) groups is 1. The van der Waals surface area contributed by atoms with Crippen LogP contribution in [0.2, 0.25) is 0 Å². The van der Waals surface area contributed by atoms with Crippen molar-refractivity contribution in [2.24, 2.45) is 5.10 Å². The highest BCUT2D eigenvalue weighted by atomic mass is 79.9. The number of hydrazone groups is 1. The number of rotatable bonds is 7. The van der Waals surface area contributed by atoms with Gasteiger partial charge in [-0.15, -0.1) is 0 Å². The molecule has 0 aliphatic carbocycles. The summed E-state index contributed by atoms with van der Waals surface area (Å²) in [6.07, 6.45) is 1.46. The van der Waals surface area contributed by atoms with Crippen molar-refractivity contribution in [3.05, 3.63) is 96.4 Å². The number of halogens is 2. The minimum atomic E-state index is -0.544. The van der Waals surface area contributed by atoms with Crippen LogP contribution in [0.4, 0.5) is 5.69 Å². The van der Waals surface area contributed by atoms with Crippen LogP contribution in [0.15, 0.2) is 74.7 Å². The highest BCUT2D eigenvalue weighted by Crippen LogP contribution is 2.27. The molecule has 8 nitrogen and oxygen atoms in total. The molecule has 0 radical (unpaired) electrons. The molecule has 10 heteroatoms. The van der Waals surface area contributed by atoms with Gasteiger partial charge in [0.1, 0.15) is 18.1 Å². The molecule has 1 amide bonds. The van der Waals surface area contributed by atoms with Crippen molar-refractivity contribution in [3.63, 3.8) is 0 Å². The summed E-state index contributed by atoms with van der Waals surface area (Å²) in [4.78, 5) is 22.4. The summed E-state index contributed by atoms with van der Waals surface area (Å²) >= 11 is 6.67. The van der Waals surface area contributed by atoms with Gasteiger partial charge in [0.05, 0.1) is 21.2 Å². The topological polar surface area (TPSA) is 114 Å². The van der Waals surface area contributed by atoms with Crippen molar-refractivity contribution < 1.29 is 19.6 Å². The third kappa shape index (κ3) is 6.12. The predicted octanol–water partition coefficient (Wildman–Crippen LogP) is 5.17. The van der Waals surface area contributed by atoms with Crippen LogP contribution in [0, 0.1) is 10.1 Å². The van der Waals surface area contributed by atoms with Gasteiger partial charge in [0.2, 0.25) is 0 Å². The average Bonchev–Trinajstić information content (AvgIpc) is 2.75. The summed E-state index contributed by atoms with van der Waals surface area (Å²) in [5.41, 5.74) is 3.98. The number of benzene rings is 3. The molecule has 3 aromatic carbocycles. The normalized spacial score (nSPS) is 10.8. The van der Waals surface area contributed by atoms with Gasteiger partial charge in [0.25, 0.3) is 11.6 Å². The molecule has 0 bridgehead atoms. The van der Waals surface area contributed by atoms with Gasteiger partial charge in [-0.3, -0.25) is 14.9 Å². The smallest absolute Gasteiger partial charge is 0.275 e. The van der Waals surface area contributed by atoms with Crippen LogP contribution in [0.1, 0.15) is 21.5 Å². The Hall–Kier alpha value is -3.24. The molecule has 0 unspecified atom stereocenters. The van der Waals surface area contributed by atoms with Crippen LogP contribution < -0.4 is 10.2 Å². The number of nitrogens with zero attached hydrogens (tertiary/aromatic N) is 2. The summed E-state index contributed by atoms with van der Waals surface area (Å²) in [7, 11) is 0. The van der Waals surface area contributed by atoms with Crippen molar-refractivity contribution in [1.29, 1.82) is 0 Å². The zero-order valence-electron chi connectivity index (χ0n) is 15.8. The number of amides is 1. The minimum absolute atomic E-state index is 0.0239. The summed E-state index contributed by atoms with van der Waals surface area (Å²) in [6.45, 7) is 0.246. The average molecular weight is 549 g/mol. The van der Waals surface area contributed by atoms with E-state index in [1.54, 1.807) is 36.4 Å². The summed E-state index contributed by atoms with van der Waals surface area (Å²) < 4.78 is 7.08. The van der Waals surface area contributed by atoms with Crippen LogP contribution in [0.25, 0.3) is 0 Å². The molecule has 0 aliphatic rings. The first-order valence-corrected chi connectivity index (χ1v) is 10.4. The Balaban J connectivity index is 1.59. The molecule has 0 heterocycles. The third-order valence-electron chi connectivity index (χ3n) is 4.08. The lowest BCUT2D eigenvalue weighted by atomic mass is 10.2. The number of aromatic hydroxyl groups is 1. The number of non-ortho nitro benzene ring substituents is 1. The summed E-state index contributed by atoms with van der Waals surface area (Å²) in [5.74, 6) is -0.107. The van der Waals surface area contributed by atoms with E-state index in [1.165, 1.54) is 30.5 Å². The number of carbonyl (C=O) groups excluding carboxylic acids is 1. The first-order chi connectivity index (χ1) is 14.8. The highest BCUT2D eigenvalue weighted by molar-refractivity contribution is 9.10. The Morgan fingerprint density at radius 3 is 2.55 bits per heavy atom. The Morgan fingerprint density at radius 2 is 1.87 bits per heavy atom. The molecule has 158 valence electrons. The fraction of sp³-hybridized carbons (Fsp3) is 0.0476. The molecule has 2 N–H and O–H groups in total. The second kappa shape index (κ2) is 10.2. The van der Waals surface area contributed by atoms with Crippen molar-refractivity contribution >= 4 is 49.7 Å². The van der Waals surface area contributed by atoms with Crippen LogP contribution in [-0.4, -0.2) is 22.2 Å². The molecule has 0 saturated carbocycles. The van der Waals surface area contributed by atoms with E-state index in [0.717, 1.165) is 5.56 Å². The van der Waals surface area contributed by atoms with Crippen LogP contribution >= 0.6 is 31.9 Å². The first-order valence-electron chi connectivity index (χ1n) is 8.81. The van der Waals surface area contributed by atoms with E-state index < -0.39 is 10.8 Å². The van der Waals surface area contributed by atoms with Crippen LogP contribution in [0.3, 0.4) is 0 Å². The Morgan fingerprint density at radius 1 is 1.13 bits per heavy atom. The molecule has 3 rings (SSSR count). The van der Waals surface area contributed by atoms with Gasteiger partial charge in [-0.2, -0.15) is 5.10 Å². The number of nitrogens with one attached hydrogen (secondary N) is 1. The largest absolute Gasteiger partial charge is 0.507 e. The number of nitro groups is 1. The number of phenolic OH excluding ortho intramolecular Hbond substituents is 1. The van der Waals surface area contributed by atoms with Gasteiger partial charge in [0, 0.05) is 16.6 Å². The molecule has 3 aromatic rings. The van der Waals surface area contributed by atoms with E-state index in [2.05, 4.69) is 42.4 Å². The van der Waals surface area contributed by atoms with E-state index in [-0.39, 0.29) is 23.6 Å². The van der Waals surface area contributed by atoms with Gasteiger partial charge in [-0.25, -0.2) is 5.43 Å². The zero-order chi connectivity index (χ0) is 22.4. The van der Waals surface area contributed by atoms with Gasteiger partial charge in [-0.1, -0.05) is 15.9 Å². The lowest BCUT2D eigenvalue weighted by Gasteiger charge is -2.09. The number of hydrogen-bond acceptors (Lipinski definition) is 6. The van der Waals surface area contributed by atoms with Crippen molar-refractivity contribution in [2.75, 3.05) is 0 Å². The molecule has 0 aromatic heterocycles. The number of hydrogen-bond donors (Lipinski definition) is 2. The van der Waals surface area contributed by atoms with E-state index in [0.29, 0.717) is 20.3 Å². The predicted molar refractivity (Wildman–Crippen MR) is 122 cm³/mol. The summed E-state index contributed by atoms with van der Waals surface area (Å²) in [6, 6.07) is 15.9. The zero-order valence-corrected chi connectivity index (χ0v) is 19.0. The first kappa shape index (κ1) is 22.4. The molecular formula is C21H15Br2N3O5. The molecule has 0 saturated heterocycles. The van der Waals surface area contributed by atoms with Crippen molar-refractivity contribution in [3.8, 4) is 11.5 Å². The minimum Gasteiger partial charge on any atom is -0.507 e. The molecule has 0 aliphatic heterocycles. The van der Waals surface area contributed by atoms with Gasteiger partial charge in [0.15, 0.2) is 0 Å². The quantitative estimate of drug-likeness (QED) is 0.240. The van der Waals surface area contributed by atoms with Crippen molar-refractivity contribution in [1.82, 2.24) is 5.43 Å². The number of ether oxygens (including phenoxy) is 1. The maximum Gasteiger partial charge on any atom is 0.275 e. The number of phenols is 1. The molecule has 0 fully saturated rings. The lowest BCUT2D eigenvalue weighted by molar-refractivity contribution is -0.384. The van der Waals surface area contributed by atoms with Gasteiger partial charge < -0.3 is 9.84 Å². The Labute approximate surface area is 194 Å². The van der Waals surface area contributed by atoms with Crippen molar-refractivity contribution in [2.45, 2.75) is 6.61 Å². The second-order valence-electron chi connectivity index (χ2n) is 6.26.